The third-order valence-corrected chi connectivity index (χ3v) is 4.79. The van der Waals surface area contributed by atoms with Crippen molar-refractivity contribution in [2.24, 2.45) is 5.73 Å². The van der Waals surface area contributed by atoms with Gasteiger partial charge in [-0.3, -0.25) is 4.79 Å². The van der Waals surface area contributed by atoms with Gasteiger partial charge in [0.25, 0.3) is 0 Å². The molecule has 0 bridgehead atoms. The maximum atomic E-state index is 13.4. The van der Waals surface area contributed by atoms with Crippen molar-refractivity contribution in [3.63, 3.8) is 0 Å². The molecule has 0 saturated carbocycles. The summed E-state index contributed by atoms with van der Waals surface area (Å²) in [5, 5.41) is 6.26. The first-order chi connectivity index (χ1) is 15.6. The van der Waals surface area contributed by atoms with Crippen LogP contribution in [0.3, 0.4) is 0 Å². The van der Waals surface area contributed by atoms with Crippen LogP contribution in [0.1, 0.15) is 16.1 Å². The van der Waals surface area contributed by atoms with E-state index in [2.05, 4.69) is 20.4 Å². The Morgan fingerprint density at radius 3 is 2.58 bits per heavy atom. The summed E-state index contributed by atoms with van der Waals surface area (Å²) < 4.78 is 53.7. The Hall–Kier alpha value is -3.99. The van der Waals surface area contributed by atoms with E-state index in [0.717, 1.165) is 23.0 Å². The first kappa shape index (κ1) is 22.2. The molecule has 2 aromatic heterocycles. The number of hydrogen-bond acceptors (Lipinski definition) is 5. The van der Waals surface area contributed by atoms with E-state index >= 15 is 0 Å². The van der Waals surface area contributed by atoms with Crippen molar-refractivity contribution in [1.29, 1.82) is 0 Å². The first-order valence-corrected chi connectivity index (χ1v) is 9.62. The molecule has 0 aliphatic rings. The minimum Gasteiger partial charge on any atom is -0.366 e. The van der Waals surface area contributed by atoms with Crippen LogP contribution in [0.2, 0.25) is 5.02 Å². The quantitative estimate of drug-likeness (QED) is 0.396. The summed E-state index contributed by atoms with van der Waals surface area (Å²) in [6.07, 6.45) is -2.20. The maximum Gasteiger partial charge on any atom is 0.435 e. The lowest BCUT2D eigenvalue weighted by Gasteiger charge is -2.12. The van der Waals surface area contributed by atoms with Gasteiger partial charge in [-0.15, -0.1) is 0 Å². The van der Waals surface area contributed by atoms with E-state index < -0.39 is 23.6 Å². The largest absolute Gasteiger partial charge is 0.435 e. The smallest absolute Gasteiger partial charge is 0.366 e. The molecule has 0 saturated heterocycles. The van der Waals surface area contributed by atoms with Crippen LogP contribution < -0.4 is 11.1 Å². The van der Waals surface area contributed by atoms with E-state index in [1.807, 2.05) is 0 Å². The molecule has 0 radical (unpaired) electrons. The zero-order chi connectivity index (χ0) is 23.8. The fraction of sp³-hybridized carbons (Fsp3) is 0.0476. The van der Waals surface area contributed by atoms with Crippen molar-refractivity contribution in [2.45, 2.75) is 6.18 Å². The van der Waals surface area contributed by atoms with Gasteiger partial charge in [-0.1, -0.05) is 23.7 Å². The summed E-state index contributed by atoms with van der Waals surface area (Å²) in [6, 6.07) is 10.8. The number of aromatic nitrogens is 4. The molecular formula is C21H13ClF4N6O. The zero-order valence-electron chi connectivity index (χ0n) is 16.4. The predicted octanol–water partition coefficient (Wildman–Crippen LogP) is 4.98. The predicted molar refractivity (Wildman–Crippen MR) is 113 cm³/mol. The molecule has 7 nitrogen and oxygen atoms in total. The van der Waals surface area contributed by atoms with Gasteiger partial charge >= 0.3 is 6.18 Å². The lowest BCUT2D eigenvalue weighted by molar-refractivity contribution is -0.141. The van der Waals surface area contributed by atoms with Crippen molar-refractivity contribution in [3.8, 4) is 16.9 Å². The number of halogens is 5. The Morgan fingerprint density at radius 1 is 1.12 bits per heavy atom. The molecule has 0 fully saturated rings. The Labute approximate surface area is 188 Å². The van der Waals surface area contributed by atoms with Gasteiger partial charge in [0, 0.05) is 29.2 Å². The van der Waals surface area contributed by atoms with Crippen molar-refractivity contribution in [2.75, 3.05) is 5.32 Å². The van der Waals surface area contributed by atoms with Crippen molar-refractivity contribution >= 4 is 29.1 Å². The van der Waals surface area contributed by atoms with Crippen LogP contribution in [0.25, 0.3) is 16.9 Å². The standard InChI is InChI=1S/C21H13ClF4N6O/c22-15-9-13(4-5-16(15)23)29-20-28-10-14(11-2-1-3-12(8-11)18(27)33)19(30-20)32-7-6-17(31-32)21(24,25)26/h1-10H,(H2,27,33)(H,28,29,30). The number of alkyl halides is 3. The van der Waals surface area contributed by atoms with Gasteiger partial charge in [0.2, 0.25) is 11.9 Å². The number of carbonyl (C=O) groups is 1. The fourth-order valence-corrected chi connectivity index (χ4v) is 3.13. The van der Waals surface area contributed by atoms with Crippen LogP contribution in [0, 0.1) is 5.82 Å². The molecule has 2 aromatic carbocycles. The van der Waals surface area contributed by atoms with Gasteiger partial charge < -0.3 is 11.1 Å². The Morgan fingerprint density at radius 2 is 1.91 bits per heavy atom. The SMILES string of the molecule is NC(=O)c1cccc(-c2cnc(Nc3ccc(F)c(Cl)c3)nc2-n2ccc(C(F)(F)F)n2)c1. The number of carbonyl (C=O) groups excluding carboxylic acids is 1. The van der Waals surface area contributed by atoms with E-state index in [9.17, 15) is 22.4 Å². The second-order valence-electron chi connectivity index (χ2n) is 6.77. The van der Waals surface area contributed by atoms with Gasteiger partial charge in [-0.2, -0.15) is 23.3 Å². The molecule has 0 aliphatic carbocycles. The molecule has 0 spiro atoms. The number of amides is 1. The van der Waals surface area contributed by atoms with Crippen LogP contribution in [-0.4, -0.2) is 25.7 Å². The van der Waals surface area contributed by atoms with Gasteiger partial charge in [0.15, 0.2) is 11.5 Å². The summed E-state index contributed by atoms with van der Waals surface area (Å²) in [6.45, 7) is 0. The van der Waals surface area contributed by atoms with E-state index in [-0.39, 0.29) is 27.9 Å². The Balaban J connectivity index is 1.82. The third-order valence-electron chi connectivity index (χ3n) is 4.50. The summed E-state index contributed by atoms with van der Waals surface area (Å²) in [5.74, 6) is -1.31. The van der Waals surface area contributed by atoms with E-state index in [0.29, 0.717) is 11.3 Å². The number of anilines is 2. The highest BCUT2D eigenvalue weighted by Crippen LogP contribution is 2.31. The Bertz CT molecular complexity index is 1350. The highest BCUT2D eigenvalue weighted by atomic mass is 35.5. The summed E-state index contributed by atoms with van der Waals surface area (Å²) >= 11 is 5.78. The van der Waals surface area contributed by atoms with Gasteiger partial charge in [0.05, 0.1) is 5.02 Å². The molecular weight excluding hydrogens is 464 g/mol. The van der Waals surface area contributed by atoms with Crippen molar-refractivity contribution in [1.82, 2.24) is 19.7 Å². The van der Waals surface area contributed by atoms with Crippen molar-refractivity contribution < 1.29 is 22.4 Å². The van der Waals surface area contributed by atoms with E-state index in [1.165, 1.54) is 30.5 Å². The normalized spacial score (nSPS) is 11.4. The zero-order valence-corrected chi connectivity index (χ0v) is 17.2. The average molecular weight is 477 g/mol. The molecule has 4 rings (SSSR count). The van der Waals surface area contributed by atoms with Crippen LogP contribution in [0.5, 0.6) is 0 Å². The van der Waals surface area contributed by atoms with Crippen LogP contribution in [0.15, 0.2) is 60.9 Å². The second-order valence-corrected chi connectivity index (χ2v) is 7.18. The summed E-state index contributed by atoms with van der Waals surface area (Å²) in [4.78, 5) is 20.0. The van der Waals surface area contributed by atoms with Crippen LogP contribution in [0.4, 0.5) is 29.2 Å². The van der Waals surface area contributed by atoms with Crippen LogP contribution in [-0.2, 0) is 6.18 Å². The minimum atomic E-state index is -4.66. The molecule has 12 heteroatoms. The highest BCUT2D eigenvalue weighted by molar-refractivity contribution is 6.31. The van der Waals surface area contributed by atoms with E-state index in [1.54, 1.807) is 12.1 Å². The fourth-order valence-electron chi connectivity index (χ4n) is 2.95. The summed E-state index contributed by atoms with van der Waals surface area (Å²) in [7, 11) is 0. The minimum absolute atomic E-state index is 0.00201. The lowest BCUT2D eigenvalue weighted by Crippen LogP contribution is -2.11. The number of benzene rings is 2. The monoisotopic (exact) mass is 476 g/mol. The first-order valence-electron chi connectivity index (χ1n) is 9.24. The number of rotatable bonds is 5. The molecule has 0 aliphatic heterocycles. The van der Waals surface area contributed by atoms with Crippen LogP contribution >= 0.6 is 11.6 Å². The number of hydrogen-bond donors (Lipinski definition) is 2. The van der Waals surface area contributed by atoms with Gasteiger partial charge in [-0.05, 0) is 42.0 Å². The average Bonchev–Trinajstić information content (AvgIpc) is 3.27. The molecule has 2 heterocycles. The number of nitrogens with two attached hydrogens (primary N) is 1. The molecule has 1 amide bonds. The lowest BCUT2D eigenvalue weighted by atomic mass is 10.0. The number of primary amides is 1. The topological polar surface area (TPSA) is 98.7 Å². The maximum absolute atomic E-state index is 13.4. The van der Waals surface area contributed by atoms with Gasteiger partial charge in [0.1, 0.15) is 5.82 Å². The number of nitrogens with zero attached hydrogens (tertiary/aromatic N) is 4. The van der Waals surface area contributed by atoms with E-state index in [4.69, 9.17) is 17.3 Å². The Kier molecular flexibility index (Phi) is 5.73. The molecule has 3 N–H and O–H groups in total. The molecule has 168 valence electrons. The van der Waals surface area contributed by atoms with Crippen molar-refractivity contribution in [3.05, 3.63) is 83.0 Å². The molecule has 33 heavy (non-hydrogen) atoms. The molecule has 0 atom stereocenters. The highest BCUT2D eigenvalue weighted by Gasteiger charge is 2.34. The third kappa shape index (κ3) is 4.77. The summed E-state index contributed by atoms with van der Waals surface area (Å²) in [5.41, 5.74) is 5.49. The number of nitrogens with one attached hydrogen (secondary N) is 1. The second kappa shape index (κ2) is 8.51. The molecule has 0 unspecified atom stereocenters. The van der Waals surface area contributed by atoms with Gasteiger partial charge in [-0.25, -0.2) is 14.1 Å². The molecule has 4 aromatic rings.